The zero-order valence-electron chi connectivity index (χ0n) is 17.1. The third kappa shape index (κ3) is 4.27. The van der Waals surface area contributed by atoms with Crippen LogP contribution in [0.5, 0.6) is 17.2 Å². The second-order valence-electron chi connectivity index (χ2n) is 6.79. The first-order valence-corrected chi connectivity index (χ1v) is 9.51. The molecule has 0 bridgehead atoms. The Labute approximate surface area is 175 Å². The molecule has 0 N–H and O–H groups in total. The highest BCUT2D eigenvalue weighted by molar-refractivity contribution is 5.63. The lowest BCUT2D eigenvalue weighted by Crippen LogP contribution is -1.95. The normalized spacial score (nSPS) is 10.6. The minimum atomic E-state index is 0.408. The Hall–Kier alpha value is -3.80. The Bertz CT molecular complexity index is 1120. The molecule has 0 radical (unpaired) electrons. The second kappa shape index (κ2) is 8.69. The molecule has 4 rings (SSSR count). The summed E-state index contributed by atoms with van der Waals surface area (Å²) >= 11 is 0. The summed E-state index contributed by atoms with van der Waals surface area (Å²) in [4.78, 5) is 4.50. The van der Waals surface area contributed by atoms with Crippen LogP contribution in [0.15, 0.2) is 71.3 Å². The molecule has 0 saturated heterocycles. The Morgan fingerprint density at radius 2 is 1.50 bits per heavy atom. The van der Waals surface area contributed by atoms with E-state index in [4.69, 9.17) is 18.7 Å². The fourth-order valence-electron chi connectivity index (χ4n) is 2.98. The Kier molecular flexibility index (Phi) is 5.66. The maximum atomic E-state index is 5.85. The molecule has 6 nitrogen and oxygen atoms in total. The summed E-state index contributed by atoms with van der Waals surface area (Å²) in [5, 5.41) is 4.09. The molecule has 0 amide bonds. The van der Waals surface area contributed by atoms with Gasteiger partial charge < -0.3 is 18.7 Å². The molecule has 3 aromatic carbocycles. The van der Waals surface area contributed by atoms with Crippen LogP contribution in [0, 0.1) is 6.92 Å². The van der Waals surface area contributed by atoms with E-state index in [9.17, 15) is 0 Å². The van der Waals surface area contributed by atoms with E-state index in [-0.39, 0.29) is 0 Å². The Balaban J connectivity index is 1.46. The van der Waals surface area contributed by atoms with Crippen molar-refractivity contribution in [2.24, 2.45) is 0 Å². The van der Waals surface area contributed by atoms with Crippen molar-refractivity contribution >= 4 is 0 Å². The number of hydrogen-bond acceptors (Lipinski definition) is 6. The van der Waals surface area contributed by atoms with Gasteiger partial charge in [0.25, 0.3) is 5.89 Å². The van der Waals surface area contributed by atoms with Gasteiger partial charge in [0.05, 0.1) is 14.2 Å². The van der Waals surface area contributed by atoms with Crippen LogP contribution in [0.1, 0.15) is 11.1 Å². The van der Waals surface area contributed by atoms with E-state index >= 15 is 0 Å². The van der Waals surface area contributed by atoms with Crippen molar-refractivity contribution in [2.75, 3.05) is 14.2 Å². The molecule has 0 spiro atoms. The van der Waals surface area contributed by atoms with E-state index < -0.39 is 0 Å². The second-order valence-corrected chi connectivity index (χ2v) is 6.79. The molecule has 1 aromatic heterocycles. The van der Waals surface area contributed by atoms with Crippen LogP contribution < -0.4 is 14.2 Å². The predicted molar refractivity (Wildman–Crippen MR) is 114 cm³/mol. The van der Waals surface area contributed by atoms with Crippen molar-refractivity contribution in [3.63, 3.8) is 0 Å². The smallest absolute Gasteiger partial charge is 0.258 e. The molecule has 152 valence electrons. The standard InChI is InChI=1S/C24H22N2O4/c1-16-4-6-17(7-5-16)15-29-20-11-8-18(9-12-20)23-25-24(30-26-23)19-10-13-21(27-2)22(14-19)28-3/h4-14H,15H2,1-3H3. The lowest BCUT2D eigenvalue weighted by Gasteiger charge is -2.07. The zero-order chi connectivity index (χ0) is 20.9. The summed E-state index contributed by atoms with van der Waals surface area (Å²) in [6, 6.07) is 21.4. The summed E-state index contributed by atoms with van der Waals surface area (Å²) in [5.74, 6) is 2.94. The summed E-state index contributed by atoms with van der Waals surface area (Å²) in [5.41, 5.74) is 3.95. The van der Waals surface area contributed by atoms with Gasteiger partial charge in [-0.15, -0.1) is 0 Å². The largest absolute Gasteiger partial charge is 0.493 e. The van der Waals surface area contributed by atoms with Gasteiger partial charge in [-0.25, -0.2) is 0 Å². The molecule has 6 heteroatoms. The highest BCUT2D eigenvalue weighted by Crippen LogP contribution is 2.32. The highest BCUT2D eigenvalue weighted by Gasteiger charge is 2.13. The SMILES string of the molecule is COc1ccc(-c2nc(-c3ccc(OCc4ccc(C)cc4)cc3)no2)cc1OC. The van der Waals surface area contributed by atoms with E-state index in [1.54, 1.807) is 26.4 Å². The molecule has 4 aromatic rings. The Morgan fingerprint density at radius 3 is 2.20 bits per heavy atom. The van der Waals surface area contributed by atoms with Crippen LogP contribution in [0.2, 0.25) is 0 Å². The van der Waals surface area contributed by atoms with Crippen LogP contribution in [-0.2, 0) is 6.61 Å². The molecule has 1 heterocycles. The van der Waals surface area contributed by atoms with Crippen molar-refractivity contribution in [3.8, 4) is 40.1 Å². The first-order valence-electron chi connectivity index (χ1n) is 9.51. The number of methoxy groups -OCH3 is 2. The van der Waals surface area contributed by atoms with Crippen LogP contribution in [-0.4, -0.2) is 24.4 Å². The third-order valence-corrected chi connectivity index (χ3v) is 4.70. The molecule has 0 aliphatic rings. The van der Waals surface area contributed by atoms with E-state index in [1.165, 1.54) is 5.56 Å². The van der Waals surface area contributed by atoms with E-state index in [0.29, 0.717) is 29.8 Å². The number of rotatable bonds is 7. The average Bonchev–Trinajstić information content (AvgIpc) is 3.29. The van der Waals surface area contributed by atoms with Gasteiger partial charge in [0.2, 0.25) is 5.82 Å². The molecular formula is C24H22N2O4. The molecule has 0 atom stereocenters. The first-order chi connectivity index (χ1) is 14.7. The number of benzene rings is 3. The molecule has 0 fully saturated rings. The molecule has 30 heavy (non-hydrogen) atoms. The maximum absolute atomic E-state index is 5.85. The van der Waals surface area contributed by atoms with Gasteiger partial charge in [-0.2, -0.15) is 4.98 Å². The van der Waals surface area contributed by atoms with E-state index in [2.05, 4.69) is 41.3 Å². The van der Waals surface area contributed by atoms with Gasteiger partial charge in [-0.1, -0.05) is 35.0 Å². The minimum Gasteiger partial charge on any atom is -0.493 e. The van der Waals surface area contributed by atoms with Gasteiger partial charge in [0.15, 0.2) is 11.5 Å². The van der Waals surface area contributed by atoms with Gasteiger partial charge >= 0.3 is 0 Å². The number of aromatic nitrogens is 2. The van der Waals surface area contributed by atoms with Gasteiger partial charge in [0, 0.05) is 11.1 Å². The van der Waals surface area contributed by atoms with Crippen molar-refractivity contribution in [2.45, 2.75) is 13.5 Å². The molecular weight excluding hydrogens is 380 g/mol. The highest BCUT2D eigenvalue weighted by atomic mass is 16.5. The van der Waals surface area contributed by atoms with Gasteiger partial charge in [0.1, 0.15) is 12.4 Å². The van der Waals surface area contributed by atoms with Crippen molar-refractivity contribution < 1.29 is 18.7 Å². The predicted octanol–water partition coefficient (Wildman–Crippen LogP) is 5.31. The van der Waals surface area contributed by atoms with Crippen LogP contribution in [0.25, 0.3) is 22.8 Å². The Morgan fingerprint density at radius 1 is 0.800 bits per heavy atom. The summed E-state index contributed by atoms with van der Waals surface area (Å²) < 4.78 is 21.9. The van der Waals surface area contributed by atoms with E-state index in [0.717, 1.165) is 22.4 Å². The van der Waals surface area contributed by atoms with Crippen molar-refractivity contribution in [1.29, 1.82) is 0 Å². The summed E-state index contributed by atoms with van der Waals surface area (Å²) in [6.07, 6.45) is 0. The number of aryl methyl sites for hydroxylation is 1. The molecule has 0 aliphatic heterocycles. The average molecular weight is 402 g/mol. The maximum Gasteiger partial charge on any atom is 0.258 e. The number of ether oxygens (including phenoxy) is 3. The molecule has 0 unspecified atom stereocenters. The summed E-state index contributed by atoms with van der Waals surface area (Å²) in [6.45, 7) is 2.59. The minimum absolute atomic E-state index is 0.408. The quantitative estimate of drug-likeness (QED) is 0.417. The lowest BCUT2D eigenvalue weighted by atomic mass is 10.1. The van der Waals surface area contributed by atoms with Crippen molar-refractivity contribution in [3.05, 3.63) is 77.9 Å². The van der Waals surface area contributed by atoms with Crippen LogP contribution >= 0.6 is 0 Å². The molecule has 0 saturated carbocycles. The van der Waals surface area contributed by atoms with Gasteiger partial charge in [-0.3, -0.25) is 0 Å². The third-order valence-electron chi connectivity index (χ3n) is 4.70. The van der Waals surface area contributed by atoms with Crippen molar-refractivity contribution in [1.82, 2.24) is 10.1 Å². The zero-order valence-corrected chi connectivity index (χ0v) is 17.1. The topological polar surface area (TPSA) is 66.6 Å². The number of nitrogens with zero attached hydrogens (tertiary/aromatic N) is 2. The monoisotopic (exact) mass is 402 g/mol. The fourth-order valence-corrected chi connectivity index (χ4v) is 2.98. The van der Waals surface area contributed by atoms with Gasteiger partial charge in [-0.05, 0) is 55.0 Å². The van der Waals surface area contributed by atoms with Crippen LogP contribution in [0.3, 0.4) is 0 Å². The fraction of sp³-hybridized carbons (Fsp3) is 0.167. The lowest BCUT2D eigenvalue weighted by molar-refractivity contribution is 0.306. The van der Waals surface area contributed by atoms with Crippen LogP contribution in [0.4, 0.5) is 0 Å². The number of hydrogen-bond donors (Lipinski definition) is 0. The van der Waals surface area contributed by atoms with E-state index in [1.807, 2.05) is 30.3 Å². The summed E-state index contributed by atoms with van der Waals surface area (Å²) in [7, 11) is 3.18. The first kappa shape index (κ1) is 19.5. The molecule has 0 aliphatic carbocycles.